The molecule has 0 atom stereocenters. The van der Waals surface area contributed by atoms with Gasteiger partial charge in [-0.1, -0.05) is 24.6 Å². The van der Waals surface area contributed by atoms with Gasteiger partial charge in [-0.05, 0) is 26.0 Å². The van der Waals surface area contributed by atoms with Gasteiger partial charge in [-0.2, -0.15) is 15.0 Å². The topological polar surface area (TPSA) is 62.7 Å². The van der Waals surface area contributed by atoms with Crippen LogP contribution in [0, 0.1) is 0 Å². The van der Waals surface area contributed by atoms with Crippen molar-refractivity contribution in [2.24, 2.45) is 0 Å². The van der Waals surface area contributed by atoms with E-state index < -0.39 is 0 Å². The summed E-state index contributed by atoms with van der Waals surface area (Å²) in [7, 11) is 0. The van der Waals surface area contributed by atoms with Gasteiger partial charge in [0.2, 0.25) is 11.9 Å². The Labute approximate surface area is 106 Å². The van der Waals surface area contributed by atoms with Gasteiger partial charge in [0.1, 0.15) is 0 Å². The first-order chi connectivity index (χ1) is 8.31. The largest absolute Gasteiger partial charge is 0.354 e. The first-order valence-corrected chi connectivity index (χ1v) is 7.34. The number of nitrogens with one attached hydrogen (secondary N) is 2. The minimum absolute atomic E-state index is 0.529. The molecule has 0 amide bonds. The van der Waals surface area contributed by atoms with Crippen molar-refractivity contribution in [2.75, 3.05) is 23.4 Å². The van der Waals surface area contributed by atoms with Crippen molar-refractivity contribution >= 4 is 23.7 Å². The fourth-order valence-corrected chi connectivity index (χ4v) is 2.36. The minimum Gasteiger partial charge on any atom is -0.354 e. The molecule has 6 heteroatoms. The highest BCUT2D eigenvalue weighted by atomic mass is 32.2. The molecule has 2 N–H and O–H groups in total. The molecular formula is C11H19N5S. The predicted molar refractivity (Wildman–Crippen MR) is 71.7 cm³/mol. The van der Waals surface area contributed by atoms with Gasteiger partial charge in [-0.3, -0.25) is 0 Å². The zero-order valence-electron chi connectivity index (χ0n) is 10.4. The van der Waals surface area contributed by atoms with Crippen LogP contribution in [0.2, 0.25) is 0 Å². The maximum absolute atomic E-state index is 4.39. The van der Waals surface area contributed by atoms with Crippen LogP contribution in [0.3, 0.4) is 0 Å². The summed E-state index contributed by atoms with van der Waals surface area (Å²) < 4.78 is 0. The molecule has 1 saturated carbocycles. The smallest absolute Gasteiger partial charge is 0.228 e. The monoisotopic (exact) mass is 253 g/mol. The lowest BCUT2D eigenvalue weighted by atomic mass is 10.3. The predicted octanol–water partition coefficient (Wildman–Crippen LogP) is 2.38. The fraction of sp³-hybridized carbons (Fsp3) is 0.727. The van der Waals surface area contributed by atoms with Crippen LogP contribution in [-0.4, -0.2) is 33.8 Å². The van der Waals surface area contributed by atoms with Gasteiger partial charge in [-0.15, -0.1) is 0 Å². The molecule has 1 aromatic rings. The van der Waals surface area contributed by atoms with E-state index in [4.69, 9.17) is 0 Å². The SMILES string of the molecule is CCNc1nc(NC2CCCC2)nc(SC)n1. The van der Waals surface area contributed by atoms with Crippen molar-refractivity contribution in [1.29, 1.82) is 0 Å². The standard InChI is InChI=1S/C11H19N5S/c1-3-12-9-14-10(16-11(15-9)17-2)13-8-6-4-5-7-8/h8H,3-7H2,1-2H3,(H2,12,13,14,15,16). The zero-order chi connectivity index (χ0) is 12.1. The third kappa shape index (κ3) is 3.46. The first kappa shape index (κ1) is 12.4. The van der Waals surface area contributed by atoms with Crippen LogP contribution in [0.15, 0.2) is 5.16 Å². The summed E-state index contributed by atoms with van der Waals surface area (Å²) in [6.45, 7) is 2.85. The highest BCUT2D eigenvalue weighted by molar-refractivity contribution is 7.98. The van der Waals surface area contributed by atoms with Gasteiger partial charge in [-0.25, -0.2) is 0 Å². The lowest BCUT2D eigenvalue weighted by Crippen LogP contribution is -2.18. The van der Waals surface area contributed by atoms with Crippen molar-refractivity contribution in [2.45, 2.75) is 43.8 Å². The Kier molecular flexibility index (Phi) is 4.42. The van der Waals surface area contributed by atoms with Crippen LogP contribution in [-0.2, 0) is 0 Å². The van der Waals surface area contributed by atoms with Gasteiger partial charge in [0.25, 0.3) is 0 Å². The Bertz CT molecular complexity index is 365. The molecule has 0 unspecified atom stereocenters. The molecule has 17 heavy (non-hydrogen) atoms. The van der Waals surface area contributed by atoms with Gasteiger partial charge in [0.05, 0.1) is 0 Å². The van der Waals surface area contributed by atoms with Crippen molar-refractivity contribution in [1.82, 2.24) is 15.0 Å². The second-order valence-corrected chi connectivity index (χ2v) is 4.90. The van der Waals surface area contributed by atoms with Gasteiger partial charge in [0, 0.05) is 12.6 Å². The summed E-state index contributed by atoms with van der Waals surface area (Å²) in [5.74, 6) is 1.36. The van der Waals surface area contributed by atoms with Crippen LogP contribution in [0.5, 0.6) is 0 Å². The van der Waals surface area contributed by atoms with E-state index in [1.165, 1.54) is 37.4 Å². The summed E-state index contributed by atoms with van der Waals surface area (Å²) in [5, 5.41) is 7.29. The summed E-state index contributed by atoms with van der Waals surface area (Å²) in [6, 6.07) is 0.529. The van der Waals surface area contributed by atoms with Gasteiger partial charge >= 0.3 is 0 Å². The Morgan fingerprint density at radius 3 is 2.53 bits per heavy atom. The van der Waals surface area contributed by atoms with Crippen molar-refractivity contribution in [3.8, 4) is 0 Å². The van der Waals surface area contributed by atoms with E-state index in [2.05, 4.69) is 25.6 Å². The molecule has 0 spiro atoms. The number of hydrogen-bond acceptors (Lipinski definition) is 6. The molecule has 0 radical (unpaired) electrons. The van der Waals surface area contributed by atoms with Crippen LogP contribution < -0.4 is 10.6 Å². The lowest BCUT2D eigenvalue weighted by Gasteiger charge is -2.13. The van der Waals surface area contributed by atoms with Gasteiger partial charge < -0.3 is 10.6 Å². The van der Waals surface area contributed by atoms with Crippen LogP contribution in [0.1, 0.15) is 32.6 Å². The number of hydrogen-bond donors (Lipinski definition) is 2. The van der Waals surface area contributed by atoms with Crippen molar-refractivity contribution in [3.05, 3.63) is 0 Å². The van der Waals surface area contributed by atoms with Crippen LogP contribution in [0.25, 0.3) is 0 Å². The second-order valence-electron chi connectivity index (χ2n) is 4.13. The highest BCUT2D eigenvalue weighted by Gasteiger charge is 2.16. The third-order valence-corrected chi connectivity index (χ3v) is 3.37. The van der Waals surface area contributed by atoms with E-state index in [0.29, 0.717) is 17.9 Å². The summed E-state index contributed by atoms with van der Waals surface area (Å²) in [4.78, 5) is 13.1. The molecule has 1 aliphatic rings. The molecule has 1 aliphatic carbocycles. The average molecular weight is 253 g/mol. The molecule has 0 aromatic carbocycles. The molecule has 2 rings (SSSR count). The Hall–Kier alpha value is -1.04. The first-order valence-electron chi connectivity index (χ1n) is 6.12. The van der Waals surface area contributed by atoms with E-state index >= 15 is 0 Å². The van der Waals surface area contributed by atoms with E-state index in [-0.39, 0.29) is 0 Å². The Morgan fingerprint density at radius 2 is 1.88 bits per heavy atom. The Balaban J connectivity index is 2.10. The quantitative estimate of drug-likeness (QED) is 0.786. The normalized spacial score (nSPS) is 16.1. The molecular weight excluding hydrogens is 234 g/mol. The summed E-state index contributed by atoms with van der Waals surface area (Å²) >= 11 is 1.54. The summed E-state index contributed by atoms with van der Waals surface area (Å²) in [6.07, 6.45) is 7.02. The molecule has 94 valence electrons. The van der Waals surface area contributed by atoms with Crippen LogP contribution >= 0.6 is 11.8 Å². The van der Waals surface area contributed by atoms with E-state index in [9.17, 15) is 0 Å². The lowest BCUT2D eigenvalue weighted by molar-refractivity contribution is 0.735. The molecule has 5 nitrogen and oxygen atoms in total. The summed E-state index contributed by atoms with van der Waals surface area (Å²) in [5.41, 5.74) is 0. The van der Waals surface area contributed by atoms with Crippen molar-refractivity contribution < 1.29 is 0 Å². The van der Waals surface area contributed by atoms with Crippen LogP contribution in [0.4, 0.5) is 11.9 Å². The average Bonchev–Trinajstić information content (AvgIpc) is 2.82. The molecule has 1 heterocycles. The van der Waals surface area contributed by atoms with Crippen molar-refractivity contribution in [3.63, 3.8) is 0 Å². The second kappa shape index (κ2) is 6.05. The maximum Gasteiger partial charge on any atom is 0.228 e. The molecule has 1 aromatic heterocycles. The Morgan fingerprint density at radius 1 is 1.18 bits per heavy atom. The number of thioether (sulfide) groups is 1. The van der Waals surface area contributed by atoms with Gasteiger partial charge in [0.15, 0.2) is 5.16 Å². The molecule has 1 fully saturated rings. The maximum atomic E-state index is 4.39. The number of rotatable bonds is 5. The number of nitrogens with zero attached hydrogens (tertiary/aromatic N) is 3. The van der Waals surface area contributed by atoms with E-state index in [1.54, 1.807) is 0 Å². The number of anilines is 2. The highest BCUT2D eigenvalue weighted by Crippen LogP contribution is 2.22. The minimum atomic E-state index is 0.529. The molecule has 0 bridgehead atoms. The molecule has 0 aliphatic heterocycles. The van der Waals surface area contributed by atoms with E-state index in [0.717, 1.165) is 11.7 Å². The third-order valence-electron chi connectivity index (χ3n) is 2.82. The fourth-order valence-electron chi connectivity index (χ4n) is 2.00. The zero-order valence-corrected chi connectivity index (χ0v) is 11.2. The molecule has 0 saturated heterocycles. The van der Waals surface area contributed by atoms with E-state index in [1.807, 2.05) is 13.2 Å². The number of aromatic nitrogens is 3.